The maximum atomic E-state index is 4.12. The number of hydrogen-bond donors (Lipinski definition) is 1. The van der Waals surface area contributed by atoms with Crippen molar-refractivity contribution in [3.05, 3.63) is 23.8 Å². The minimum absolute atomic E-state index is 0.903. The minimum Gasteiger partial charge on any atom is -0.378 e. The van der Waals surface area contributed by atoms with Gasteiger partial charge in [0.15, 0.2) is 0 Å². The van der Waals surface area contributed by atoms with Crippen molar-refractivity contribution < 1.29 is 0 Å². The fourth-order valence-electron chi connectivity index (χ4n) is 1.11. The van der Waals surface area contributed by atoms with Crippen molar-refractivity contribution in [3.63, 3.8) is 0 Å². The van der Waals surface area contributed by atoms with Gasteiger partial charge in [-0.15, -0.1) is 0 Å². The van der Waals surface area contributed by atoms with Crippen LogP contribution < -0.4 is 5.32 Å². The molecule has 0 bridgehead atoms. The molecule has 1 aromatic rings. The number of aromatic nitrogens is 2. The number of fused-ring (bicyclic) bond motifs is 1. The van der Waals surface area contributed by atoms with Gasteiger partial charge >= 0.3 is 0 Å². The molecule has 0 amide bonds. The second-order valence-corrected chi connectivity index (χ2v) is 2.67. The molecule has 1 aliphatic heterocycles. The molecule has 56 valence electrons. The Morgan fingerprint density at radius 2 is 2.45 bits per heavy atom. The first-order valence-corrected chi connectivity index (χ1v) is 3.57. The Hall–Kier alpha value is -1.38. The topological polar surface area (TPSA) is 37.8 Å². The molecule has 11 heavy (non-hydrogen) atoms. The van der Waals surface area contributed by atoms with E-state index in [1.165, 1.54) is 5.57 Å². The zero-order valence-corrected chi connectivity index (χ0v) is 6.33. The Balaban J connectivity index is 2.51. The summed E-state index contributed by atoms with van der Waals surface area (Å²) in [7, 11) is 0. The van der Waals surface area contributed by atoms with Crippen molar-refractivity contribution in [3.8, 4) is 0 Å². The number of rotatable bonds is 0. The summed E-state index contributed by atoms with van der Waals surface area (Å²) in [5, 5.41) is 3.22. The first kappa shape index (κ1) is 6.34. The minimum atomic E-state index is 0.903. The summed E-state index contributed by atoms with van der Waals surface area (Å²) in [6.07, 6.45) is 5.44. The van der Waals surface area contributed by atoms with Crippen LogP contribution in [0, 0.1) is 0 Å². The average Bonchev–Trinajstić information content (AvgIpc) is 2.04. The van der Waals surface area contributed by atoms with Gasteiger partial charge in [-0.1, -0.05) is 5.57 Å². The second kappa shape index (κ2) is 2.34. The van der Waals surface area contributed by atoms with Crippen LogP contribution in [0.25, 0.3) is 6.08 Å². The standard InChI is InChI=1S/C8H9N3/c1-6-2-7-8(10-3-6)4-9-5-11-7/h2,4-5,10H,3H2,1H3. The van der Waals surface area contributed by atoms with Gasteiger partial charge in [0.05, 0.1) is 17.6 Å². The summed E-state index contributed by atoms with van der Waals surface area (Å²) in [6.45, 7) is 2.98. The molecule has 0 saturated heterocycles. The Morgan fingerprint density at radius 3 is 3.36 bits per heavy atom. The summed E-state index contributed by atoms with van der Waals surface area (Å²) in [4.78, 5) is 8.04. The quantitative estimate of drug-likeness (QED) is 0.601. The maximum absolute atomic E-state index is 4.12. The van der Waals surface area contributed by atoms with Gasteiger partial charge in [-0.2, -0.15) is 0 Å². The van der Waals surface area contributed by atoms with Gasteiger partial charge in [-0.25, -0.2) is 9.97 Å². The van der Waals surface area contributed by atoms with Crippen LogP contribution in [0.3, 0.4) is 0 Å². The summed E-state index contributed by atoms with van der Waals surface area (Å²) in [6, 6.07) is 0. The SMILES string of the molecule is CC1=Cc2ncncc2NC1. The molecule has 0 unspecified atom stereocenters. The van der Waals surface area contributed by atoms with Crippen molar-refractivity contribution >= 4 is 11.8 Å². The van der Waals surface area contributed by atoms with Crippen molar-refractivity contribution in [2.45, 2.75) is 6.92 Å². The van der Waals surface area contributed by atoms with E-state index in [9.17, 15) is 0 Å². The third-order valence-electron chi connectivity index (χ3n) is 1.68. The molecule has 0 aromatic carbocycles. The van der Waals surface area contributed by atoms with E-state index < -0.39 is 0 Å². The van der Waals surface area contributed by atoms with E-state index >= 15 is 0 Å². The van der Waals surface area contributed by atoms with E-state index in [1.807, 2.05) is 0 Å². The van der Waals surface area contributed by atoms with Crippen LogP contribution in [0.5, 0.6) is 0 Å². The largest absolute Gasteiger partial charge is 0.378 e. The molecule has 1 aromatic heterocycles. The predicted molar refractivity (Wildman–Crippen MR) is 44.2 cm³/mol. The highest BCUT2D eigenvalue weighted by molar-refractivity contribution is 5.67. The second-order valence-electron chi connectivity index (χ2n) is 2.67. The van der Waals surface area contributed by atoms with Crippen LogP contribution in [0.2, 0.25) is 0 Å². The van der Waals surface area contributed by atoms with Gasteiger partial charge in [-0.3, -0.25) is 0 Å². The third-order valence-corrected chi connectivity index (χ3v) is 1.68. The molecule has 0 atom stereocenters. The van der Waals surface area contributed by atoms with Crippen LogP contribution in [-0.4, -0.2) is 16.5 Å². The van der Waals surface area contributed by atoms with Crippen LogP contribution in [0.1, 0.15) is 12.6 Å². The zero-order valence-electron chi connectivity index (χ0n) is 6.33. The predicted octanol–water partition coefficient (Wildman–Crippen LogP) is 1.31. The molecule has 0 saturated carbocycles. The molecular formula is C8H9N3. The fourth-order valence-corrected chi connectivity index (χ4v) is 1.11. The molecule has 2 rings (SSSR count). The molecule has 1 N–H and O–H groups in total. The number of nitrogens with zero attached hydrogens (tertiary/aromatic N) is 2. The molecular weight excluding hydrogens is 138 g/mol. The third kappa shape index (κ3) is 1.09. The highest BCUT2D eigenvalue weighted by Crippen LogP contribution is 2.18. The first-order chi connectivity index (χ1) is 5.36. The lowest BCUT2D eigenvalue weighted by atomic mass is 10.1. The van der Waals surface area contributed by atoms with E-state index in [0.717, 1.165) is 17.9 Å². The van der Waals surface area contributed by atoms with E-state index in [0.29, 0.717) is 0 Å². The highest BCUT2D eigenvalue weighted by Gasteiger charge is 2.05. The Kier molecular flexibility index (Phi) is 1.35. The molecule has 0 aliphatic carbocycles. The highest BCUT2D eigenvalue weighted by atomic mass is 15.0. The first-order valence-electron chi connectivity index (χ1n) is 3.57. The van der Waals surface area contributed by atoms with Crippen molar-refractivity contribution in [1.29, 1.82) is 0 Å². The van der Waals surface area contributed by atoms with Crippen LogP contribution in [0.4, 0.5) is 5.69 Å². The number of hydrogen-bond acceptors (Lipinski definition) is 3. The maximum Gasteiger partial charge on any atom is 0.116 e. The molecule has 0 fully saturated rings. The molecule has 3 nitrogen and oxygen atoms in total. The smallest absolute Gasteiger partial charge is 0.116 e. The lowest BCUT2D eigenvalue weighted by Gasteiger charge is -2.13. The number of nitrogens with one attached hydrogen (secondary N) is 1. The van der Waals surface area contributed by atoms with Crippen LogP contribution in [-0.2, 0) is 0 Å². The Bertz CT molecular complexity index is 304. The lowest BCUT2D eigenvalue weighted by Crippen LogP contribution is -2.09. The van der Waals surface area contributed by atoms with Gasteiger partial charge in [0.2, 0.25) is 0 Å². The molecule has 0 spiro atoms. The zero-order chi connectivity index (χ0) is 7.68. The van der Waals surface area contributed by atoms with Crippen molar-refractivity contribution in [2.75, 3.05) is 11.9 Å². The monoisotopic (exact) mass is 147 g/mol. The summed E-state index contributed by atoms with van der Waals surface area (Å²) < 4.78 is 0. The van der Waals surface area contributed by atoms with E-state index in [4.69, 9.17) is 0 Å². The summed E-state index contributed by atoms with van der Waals surface area (Å²) in [5.74, 6) is 0. The Labute approximate surface area is 65.2 Å². The van der Waals surface area contributed by atoms with Gasteiger partial charge in [-0.05, 0) is 13.0 Å². The van der Waals surface area contributed by atoms with Crippen molar-refractivity contribution in [1.82, 2.24) is 9.97 Å². The molecule has 0 radical (unpaired) electrons. The molecule has 3 heteroatoms. The van der Waals surface area contributed by atoms with Gasteiger partial charge in [0.1, 0.15) is 6.33 Å². The summed E-state index contributed by atoms with van der Waals surface area (Å²) >= 11 is 0. The van der Waals surface area contributed by atoms with E-state index in [2.05, 4.69) is 28.3 Å². The Morgan fingerprint density at radius 1 is 1.55 bits per heavy atom. The van der Waals surface area contributed by atoms with Gasteiger partial charge in [0, 0.05) is 6.54 Å². The normalized spacial score (nSPS) is 14.8. The van der Waals surface area contributed by atoms with Crippen LogP contribution >= 0.6 is 0 Å². The van der Waals surface area contributed by atoms with E-state index in [1.54, 1.807) is 12.5 Å². The van der Waals surface area contributed by atoms with E-state index in [-0.39, 0.29) is 0 Å². The van der Waals surface area contributed by atoms with Gasteiger partial charge in [0.25, 0.3) is 0 Å². The average molecular weight is 147 g/mol. The number of anilines is 1. The molecule has 2 heterocycles. The van der Waals surface area contributed by atoms with Crippen molar-refractivity contribution in [2.24, 2.45) is 0 Å². The fraction of sp³-hybridized carbons (Fsp3) is 0.250. The van der Waals surface area contributed by atoms with Crippen LogP contribution in [0.15, 0.2) is 18.1 Å². The summed E-state index contributed by atoms with van der Waals surface area (Å²) in [5.41, 5.74) is 3.32. The molecule has 1 aliphatic rings. The van der Waals surface area contributed by atoms with Gasteiger partial charge < -0.3 is 5.32 Å². The lowest BCUT2D eigenvalue weighted by molar-refractivity contribution is 1.09.